The summed E-state index contributed by atoms with van der Waals surface area (Å²) in [6.45, 7) is 1.03. The molecular weight excluding hydrogens is 352 g/mol. The quantitative estimate of drug-likeness (QED) is 0.471. The molecule has 0 aliphatic heterocycles. The van der Waals surface area contributed by atoms with E-state index in [2.05, 4.69) is 16.7 Å². The van der Waals surface area contributed by atoms with Crippen LogP contribution in [0.4, 0.5) is 0 Å². The second-order valence-electron chi connectivity index (χ2n) is 6.38. The van der Waals surface area contributed by atoms with Crippen LogP contribution in [0.25, 0.3) is 11.0 Å². The number of aromatic nitrogens is 2. The molecule has 5 heteroatoms. The van der Waals surface area contributed by atoms with Crippen molar-refractivity contribution in [1.82, 2.24) is 9.55 Å². The lowest BCUT2D eigenvalue weighted by Crippen LogP contribution is -2.09. The van der Waals surface area contributed by atoms with E-state index < -0.39 is 0 Å². The highest BCUT2D eigenvalue weighted by molar-refractivity contribution is 5.76. The normalized spacial score (nSPS) is 10.8. The molecule has 0 radical (unpaired) electrons. The molecule has 0 fully saturated rings. The molecule has 3 aromatic carbocycles. The smallest absolute Gasteiger partial charge is 0.148 e. The number of ether oxygens (including phenoxy) is 3. The molecule has 28 heavy (non-hydrogen) atoms. The average Bonchev–Trinajstić information content (AvgIpc) is 3.10. The van der Waals surface area contributed by atoms with Gasteiger partial charge in [-0.3, -0.25) is 0 Å². The standard InChI is InChI=1S/C23H22N2O3/c1-26-18-11-13-19(14-12-18)28-16-23-24-20-8-4-5-9-21(20)25(23)15-17-7-3-6-10-22(17)27-2/h3-14H,15-16H2,1-2H3. The maximum absolute atomic E-state index is 5.99. The van der Waals surface area contributed by atoms with Crippen molar-refractivity contribution in [2.75, 3.05) is 14.2 Å². The number of benzene rings is 3. The Labute approximate surface area is 164 Å². The second kappa shape index (κ2) is 8.05. The van der Waals surface area contributed by atoms with Gasteiger partial charge in [0.1, 0.15) is 29.7 Å². The molecule has 0 amide bonds. The highest BCUT2D eigenvalue weighted by Crippen LogP contribution is 2.24. The first kappa shape index (κ1) is 17.9. The van der Waals surface area contributed by atoms with E-state index in [0.29, 0.717) is 13.2 Å². The number of methoxy groups -OCH3 is 2. The van der Waals surface area contributed by atoms with Crippen LogP contribution < -0.4 is 14.2 Å². The molecule has 0 spiro atoms. The van der Waals surface area contributed by atoms with Gasteiger partial charge in [0, 0.05) is 5.56 Å². The minimum atomic E-state index is 0.371. The summed E-state index contributed by atoms with van der Waals surface area (Å²) in [5.74, 6) is 3.30. The number of fused-ring (bicyclic) bond motifs is 1. The number of hydrogen-bond donors (Lipinski definition) is 0. The summed E-state index contributed by atoms with van der Waals surface area (Å²) in [7, 11) is 3.34. The van der Waals surface area contributed by atoms with Gasteiger partial charge in [0.2, 0.25) is 0 Å². The molecule has 1 heterocycles. The summed E-state index contributed by atoms with van der Waals surface area (Å²) in [5, 5.41) is 0. The molecule has 0 aliphatic rings. The van der Waals surface area contributed by atoms with E-state index in [4.69, 9.17) is 19.2 Å². The number of nitrogens with zero attached hydrogens (tertiary/aromatic N) is 2. The molecule has 0 aliphatic carbocycles. The number of hydrogen-bond acceptors (Lipinski definition) is 4. The van der Waals surface area contributed by atoms with Gasteiger partial charge in [-0.15, -0.1) is 0 Å². The predicted molar refractivity (Wildman–Crippen MR) is 109 cm³/mol. The van der Waals surface area contributed by atoms with Gasteiger partial charge in [0.15, 0.2) is 0 Å². The van der Waals surface area contributed by atoms with Gasteiger partial charge in [-0.05, 0) is 42.5 Å². The summed E-state index contributed by atoms with van der Waals surface area (Å²) in [4.78, 5) is 4.79. The molecular formula is C23H22N2O3. The first-order valence-corrected chi connectivity index (χ1v) is 9.11. The van der Waals surface area contributed by atoms with Gasteiger partial charge < -0.3 is 18.8 Å². The van der Waals surface area contributed by atoms with Crippen molar-refractivity contribution in [3.8, 4) is 17.2 Å². The first-order valence-electron chi connectivity index (χ1n) is 9.11. The van der Waals surface area contributed by atoms with Gasteiger partial charge >= 0.3 is 0 Å². The third kappa shape index (κ3) is 3.64. The third-order valence-electron chi connectivity index (χ3n) is 4.68. The number of imidazole rings is 1. The Balaban J connectivity index is 1.64. The first-order chi connectivity index (χ1) is 13.8. The summed E-state index contributed by atoms with van der Waals surface area (Å²) >= 11 is 0. The van der Waals surface area contributed by atoms with Crippen molar-refractivity contribution in [1.29, 1.82) is 0 Å². The summed E-state index contributed by atoms with van der Waals surface area (Å²) in [6, 6.07) is 23.7. The fourth-order valence-electron chi connectivity index (χ4n) is 3.24. The largest absolute Gasteiger partial charge is 0.497 e. The van der Waals surface area contributed by atoms with E-state index in [1.54, 1.807) is 14.2 Å². The van der Waals surface area contributed by atoms with Crippen molar-refractivity contribution in [2.24, 2.45) is 0 Å². The maximum Gasteiger partial charge on any atom is 0.148 e. The molecule has 142 valence electrons. The topological polar surface area (TPSA) is 45.5 Å². The third-order valence-corrected chi connectivity index (χ3v) is 4.68. The van der Waals surface area contributed by atoms with Crippen LogP contribution >= 0.6 is 0 Å². The monoisotopic (exact) mass is 374 g/mol. The second-order valence-corrected chi connectivity index (χ2v) is 6.38. The Morgan fingerprint density at radius 1 is 0.786 bits per heavy atom. The van der Waals surface area contributed by atoms with Crippen molar-refractivity contribution >= 4 is 11.0 Å². The fraction of sp³-hybridized carbons (Fsp3) is 0.174. The minimum absolute atomic E-state index is 0.371. The van der Waals surface area contributed by atoms with Crippen LogP contribution in [-0.4, -0.2) is 23.8 Å². The molecule has 0 N–H and O–H groups in total. The minimum Gasteiger partial charge on any atom is -0.497 e. The summed E-state index contributed by atoms with van der Waals surface area (Å²) in [5.41, 5.74) is 3.12. The Morgan fingerprint density at radius 2 is 1.50 bits per heavy atom. The van der Waals surface area contributed by atoms with E-state index >= 15 is 0 Å². The lowest BCUT2D eigenvalue weighted by Gasteiger charge is -2.13. The van der Waals surface area contributed by atoms with Crippen molar-refractivity contribution in [3.63, 3.8) is 0 Å². The summed E-state index contributed by atoms with van der Waals surface area (Å²) in [6.07, 6.45) is 0. The molecule has 4 rings (SSSR count). The van der Waals surface area contributed by atoms with Gasteiger partial charge in [-0.1, -0.05) is 30.3 Å². The maximum atomic E-state index is 5.99. The highest BCUT2D eigenvalue weighted by atomic mass is 16.5. The summed E-state index contributed by atoms with van der Waals surface area (Å²) < 4.78 is 18.9. The van der Waals surface area contributed by atoms with Crippen molar-refractivity contribution < 1.29 is 14.2 Å². The molecule has 0 atom stereocenters. The Hall–Kier alpha value is -3.47. The molecule has 5 nitrogen and oxygen atoms in total. The molecule has 1 aromatic heterocycles. The van der Waals surface area contributed by atoms with E-state index in [-0.39, 0.29) is 0 Å². The fourth-order valence-corrected chi connectivity index (χ4v) is 3.24. The van der Waals surface area contributed by atoms with Crippen LogP contribution in [0.1, 0.15) is 11.4 Å². The van der Waals surface area contributed by atoms with E-state index in [0.717, 1.165) is 39.7 Å². The van der Waals surface area contributed by atoms with E-state index in [1.807, 2.05) is 60.7 Å². The molecule has 0 saturated heterocycles. The van der Waals surface area contributed by atoms with E-state index in [9.17, 15) is 0 Å². The van der Waals surface area contributed by atoms with Crippen LogP contribution in [0.5, 0.6) is 17.2 Å². The van der Waals surface area contributed by atoms with E-state index in [1.165, 1.54) is 0 Å². The SMILES string of the molecule is COc1ccc(OCc2nc3ccccc3n2Cc2ccccc2OC)cc1. The van der Waals surface area contributed by atoms with Gasteiger partial charge in [-0.2, -0.15) is 0 Å². The number of para-hydroxylation sites is 3. The van der Waals surface area contributed by atoms with Crippen molar-refractivity contribution in [2.45, 2.75) is 13.2 Å². The molecule has 0 bridgehead atoms. The number of rotatable bonds is 7. The molecule has 0 unspecified atom stereocenters. The van der Waals surface area contributed by atoms with Crippen LogP contribution in [0, 0.1) is 0 Å². The van der Waals surface area contributed by atoms with Crippen molar-refractivity contribution in [3.05, 3.63) is 84.2 Å². The average molecular weight is 374 g/mol. The van der Waals surface area contributed by atoms with Crippen LogP contribution in [-0.2, 0) is 13.2 Å². The lowest BCUT2D eigenvalue weighted by molar-refractivity contribution is 0.290. The molecule has 4 aromatic rings. The Bertz CT molecular complexity index is 1070. The highest BCUT2D eigenvalue weighted by Gasteiger charge is 2.13. The van der Waals surface area contributed by atoms with Gasteiger partial charge in [0.05, 0.1) is 31.8 Å². The predicted octanol–water partition coefficient (Wildman–Crippen LogP) is 4.68. The molecule has 0 saturated carbocycles. The van der Waals surface area contributed by atoms with Crippen LogP contribution in [0.2, 0.25) is 0 Å². The zero-order chi connectivity index (χ0) is 19.3. The van der Waals surface area contributed by atoms with Crippen LogP contribution in [0.3, 0.4) is 0 Å². The lowest BCUT2D eigenvalue weighted by atomic mass is 10.2. The zero-order valence-corrected chi connectivity index (χ0v) is 16.0. The van der Waals surface area contributed by atoms with Crippen LogP contribution in [0.15, 0.2) is 72.8 Å². The zero-order valence-electron chi connectivity index (χ0n) is 16.0. The Morgan fingerprint density at radius 3 is 2.29 bits per heavy atom. The Kier molecular flexibility index (Phi) is 5.15. The van der Waals surface area contributed by atoms with Gasteiger partial charge in [0.25, 0.3) is 0 Å². The van der Waals surface area contributed by atoms with Gasteiger partial charge in [-0.25, -0.2) is 4.98 Å².